The molecule has 0 amide bonds. The Bertz CT molecular complexity index is 1160. The molecule has 0 spiro atoms. The number of rotatable bonds is 7. The van der Waals surface area contributed by atoms with Crippen molar-refractivity contribution in [1.29, 1.82) is 0 Å². The molecule has 0 radical (unpaired) electrons. The van der Waals surface area contributed by atoms with Gasteiger partial charge < -0.3 is 25.6 Å². The standard InChI is InChI=1S/C23H26FN7O/c1-14(12-32)31-13-28-20-22(26-7-6-15-10-27-19-5-3-2-4-18(15)19)29-21(30-23(20)31)16-8-17(24)11-25-9-16/h3,5,8-11,14,27-28,32H,2,4,6-7,12-13H2,1H3,(H,26,29,30)/t14-/m1/s1. The third-order valence-electron chi connectivity index (χ3n) is 5.99. The van der Waals surface area contributed by atoms with E-state index in [1.807, 2.05) is 11.8 Å². The lowest BCUT2D eigenvalue weighted by Gasteiger charge is -2.23. The summed E-state index contributed by atoms with van der Waals surface area (Å²) in [4.78, 5) is 18.6. The molecule has 0 aromatic carbocycles. The Hall–Kier alpha value is -3.46. The van der Waals surface area contributed by atoms with Gasteiger partial charge in [0.15, 0.2) is 17.5 Å². The molecular formula is C23H26FN7O. The highest BCUT2D eigenvalue weighted by Gasteiger charge is 2.29. The van der Waals surface area contributed by atoms with Gasteiger partial charge in [0.2, 0.25) is 0 Å². The first-order valence-corrected chi connectivity index (χ1v) is 10.9. The van der Waals surface area contributed by atoms with Gasteiger partial charge in [-0.25, -0.2) is 14.4 Å². The van der Waals surface area contributed by atoms with E-state index in [0.717, 1.165) is 31.1 Å². The molecule has 4 N–H and O–H groups in total. The van der Waals surface area contributed by atoms with Gasteiger partial charge in [0.05, 0.1) is 25.5 Å². The van der Waals surface area contributed by atoms with Crippen molar-refractivity contribution in [1.82, 2.24) is 19.9 Å². The van der Waals surface area contributed by atoms with Gasteiger partial charge in [0.1, 0.15) is 11.5 Å². The van der Waals surface area contributed by atoms with Gasteiger partial charge in [0.25, 0.3) is 0 Å². The number of aromatic nitrogens is 4. The lowest BCUT2D eigenvalue weighted by atomic mass is 9.99. The number of hydrogen-bond acceptors (Lipinski definition) is 7. The molecule has 1 aliphatic heterocycles. The Morgan fingerprint density at radius 1 is 1.31 bits per heavy atom. The molecule has 2 aliphatic rings. The van der Waals surface area contributed by atoms with Gasteiger partial charge in [-0.05, 0) is 49.5 Å². The van der Waals surface area contributed by atoms with Crippen LogP contribution in [0.1, 0.15) is 30.2 Å². The average Bonchev–Trinajstić information content (AvgIpc) is 3.43. The number of hydrogen-bond donors (Lipinski definition) is 4. The Labute approximate surface area is 185 Å². The van der Waals surface area contributed by atoms with Crippen LogP contribution < -0.4 is 15.5 Å². The van der Waals surface area contributed by atoms with E-state index in [-0.39, 0.29) is 12.6 Å². The maximum atomic E-state index is 13.8. The van der Waals surface area contributed by atoms with Crippen LogP contribution >= 0.6 is 0 Å². The van der Waals surface area contributed by atoms with E-state index in [4.69, 9.17) is 0 Å². The quantitative estimate of drug-likeness (QED) is 0.452. The maximum Gasteiger partial charge on any atom is 0.165 e. The molecule has 0 saturated heterocycles. The predicted octanol–water partition coefficient (Wildman–Crippen LogP) is 3.19. The normalized spacial score (nSPS) is 15.3. The fourth-order valence-corrected chi connectivity index (χ4v) is 4.24. The summed E-state index contributed by atoms with van der Waals surface area (Å²) in [6.07, 6.45) is 12.1. The number of allylic oxidation sites excluding steroid dienone is 1. The number of fused-ring (bicyclic) bond motifs is 2. The van der Waals surface area contributed by atoms with Crippen molar-refractivity contribution in [3.63, 3.8) is 0 Å². The molecule has 0 fully saturated rings. The molecule has 3 aromatic heterocycles. The molecule has 8 nitrogen and oxygen atoms in total. The van der Waals surface area contributed by atoms with Crippen LogP contribution in [0.15, 0.2) is 30.7 Å². The lowest BCUT2D eigenvalue weighted by molar-refractivity contribution is 0.268. The van der Waals surface area contributed by atoms with Gasteiger partial charge in [-0.15, -0.1) is 0 Å². The Balaban J connectivity index is 1.43. The van der Waals surface area contributed by atoms with Crippen molar-refractivity contribution in [2.45, 2.75) is 32.2 Å². The van der Waals surface area contributed by atoms with Crippen molar-refractivity contribution in [3.8, 4) is 11.4 Å². The number of aliphatic hydroxyl groups excluding tert-OH is 1. The summed E-state index contributed by atoms with van der Waals surface area (Å²) < 4.78 is 13.8. The van der Waals surface area contributed by atoms with Gasteiger partial charge >= 0.3 is 0 Å². The average molecular weight is 436 g/mol. The topological polar surface area (TPSA) is 102 Å². The predicted molar refractivity (Wildman–Crippen MR) is 123 cm³/mol. The zero-order valence-electron chi connectivity index (χ0n) is 17.9. The molecule has 4 heterocycles. The fraction of sp³-hybridized carbons (Fsp3) is 0.348. The van der Waals surface area contributed by atoms with E-state index in [1.54, 1.807) is 6.20 Å². The summed E-state index contributed by atoms with van der Waals surface area (Å²) in [5.74, 6) is 1.30. The molecule has 5 rings (SSSR count). The summed E-state index contributed by atoms with van der Waals surface area (Å²) >= 11 is 0. The maximum absolute atomic E-state index is 13.8. The zero-order chi connectivity index (χ0) is 22.1. The monoisotopic (exact) mass is 435 g/mol. The number of nitrogens with one attached hydrogen (secondary N) is 3. The van der Waals surface area contributed by atoms with E-state index in [1.165, 1.54) is 22.9 Å². The molecule has 3 aromatic rings. The molecule has 32 heavy (non-hydrogen) atoms. The molecule has 0 saturated carbocycles. The first kappa shape index (κ1) is 20.4. The van der Waals surface area contributed by atoms with Crippen LogP contribution in [0.3, 0.4) is 0 Å². The van der Waals surface area contributed by atoms with Crippen molar-refractivity contribution < 1.29 is 9.50 Å². The highest BCUT2D eigenvalue weighted by Crippen LogP contribution is 2.38. The zero-order valence-corrected chi connectivity index (χ0v) is 17.9. The SMILES string of the molecule is C[C@H](CO)N1CNc2c(NCCc3c[nH]c4c3CCC=C4)nc(-c3cncc(F)c3)nc21. The highest BCUT2D eigenvalue weighted by molar-refractivity contribution is 5.83. The van der Waals surface area contributed by atoms with Crippen LogP contribution in [-0.2, 0) is 12.8 Å². The fourth-order valence-electron chi connectivity index (χ4n) is 4.24. The van der Waals surface area contributed by atoms with E-state index >= 15 is 0 Å². The number of H-pyrrole nitrogens is 1. The first-order valence-electron chi connectivity index (χ1n) is 10.9. The van der Waals surface area contributed by atoms with E-state index in [2.05, 4.69) is 48.9 Å². The van der Waals surface area contributed by atoms with E-state index < -0.39 is 5.82 Å². The molecule has 0 unspecified atom stereocenters. The van der Waals surface area contributed by atoms with Gasteiger partial charge in [-0.1, -0.05) is 6.08 Å². The summed E-state index contributed by atoms with van der Waals surface area (Å²) in [6, 6.07) is 1.25. The van der Waals surface area contributed by atoms with Crippen molar-refractivity contribution in [3.05, 3.63) is 53.4 Å². The lowest BCUT2D eigenvalue weighted by Crippen LogP contribution is -2.35. The molecule has 1 aliphatic carbocycles. The summed E-state index contributed by atoms with van der Waals surface area (Å²) in [7, 11) is 0. The molecule has 166 valence electrons. The van der Waals surface area contributed by atoms with Gasteiger partial charge in [0, 0.05) is 30.2 Å². The van der Waals surface area contributed by atoms with Crippen molar-refractivity contribution >= 4 is 23.4 Å². The largest absolute Gasteiger partial charge is 0.394 e. The molecule has 9 heteroatoms. The number of nitrogens with zero attached hydrogens (tertiary/aromatic N) is 4. The van der Waals surface area contributed by atoms with Crippen molar-refractivity contribution in [2.24, 2.45) is 0 Å². The third kappa shape index (κ3) is 3.80. The number of aliphatic hydroxyl groups is 1. The molecule has 0 bridgehead atoms. The van der Waals surface area contributed by atoms with Crippen LogP contribution in [0.5, 0.6) is 0 Å². The van der Waals surface area contributed by atoms with Crippen LogP contribution in [0, 0.1) is 5.82 Å². The van der Waals surface area contributed by atoms with Gasteiger partial charge in [-0.3, -0.25) is 4.98 Å². The minimum atomic E-state index is -0.439. The van der Waals surface area contributed by atoms with Crippen LogP contribution in [0.25, 0.3) is 17.5 Å². The minimum Gasteiger partial charge on any atom is -0.394 e. The number of halogens is 1. The highest BCUT2D eigenvalue weighted by atomic mass is 19.1. The minimum absolute atomic E-state index is 0.00220. The van der Waals surface area contributed by atoms with E-state index in [0.29, 0.717) is 36.2 Å². The second-order valence-corrected chi connectivity index (χ2v) is 8.15. The number of pyridine rings is 1. The van der Waals surface area contributed by atoms with Crippen LogP contribution in [-0.4, -0.2) is 50.9 Å². The summed E-state index contributed by atoms with van der Waals surface area (Å²) in [6.45, 7) is 3.13. The summed E-state index contributed by atoms with van der Waals surface area (Å²) in [5, 5.41) is 16.4. The second-order valence-electron chi connectivity index (χ2n) is 8.15. The van der Waals surface area contributed by atoms with E-state index in [9.17, 15) is 9.50 Å². The van der Waals surface area contributed by atoms with Crippen LogP contribution in [0.4, 0.5) is 21.7 Å². The number of anilines is 3. The Morgan fingerprint density at radius 3 is 3.06 bits per heavy atom. The Kier molecular flexibility index (Phi) is 5.48. The first-order chi connectivity index (χ1) is 15.6. The smallest absolute Gasteiger partial charge is 0.165 e. The summed E-state index contributed by atoms with van der Waals surface area (Å²) in [5.41, 5.74) is 5.18. The van der Waals surface area contributed by atoms with Gasteiger partial charge in [-0.2, -0.15) is 0 Å². The molecular weight excluding hydrogens is 409 g/mol. The second kappa shape index (κ2) is 8.58. The Morgan fingerprint density at radius 2 is 2.22 bits per heavy atom. The third-order valence-corrected chi connectivity index (χ3v) is 5.99. The van der Waals surface area contributed by atoms with Crippen LogP contribution in [0.2, 0.25) is 0 Å². The van der Waals surface area contributed by atoms with Crippen molar-refractivity contribution in [2.75, 3.05) is 35.4 Å². The number of aromatic amines is 1. The molecule has 1 atom stereocenters.